The molecule has 2 saturated heterocycles. The van der Waals surface area contributed by atoms with Crippen molar-refractivity contribution in [3.8, 4) is 11.1 Å². The normalized spacial score (nSPS) is 29.1. The molecule has 6 rings (SSSR count). The fourth-order valence-corrected chi connectivity index (χ4v) is 9.57. The van der Waals surface area contributed by atoms with E-state index in [2.05, 4.69) is 58.9 Å². The summed E-state index contributed by atoms with van der Waals surface area (Å²) in [6, 6.07) is 12.6. The first-order valence-corrected chi connectivity index (χ1v) is 16.8. The highest BCUT2D eigenvalue weighted by molar-refractivity contribution is 6.24. The van der Waals surface area contributed by atoms with E-state index in [1.54, 1.807) is 0 Å². The molecule has 4 amide bonds. The summed E-state index contributed by atoms with van der Waals surface area (Å²) in [4.78, 5) is 58.7. The van der Waals surface area contributed by atoms with Gasteiger partial charge in [0.25, 0.3) is 0 Å². The highest BCUT2D eigenvalue weighted by Gasteiger charge is 2.74. The van der Waals surface area contributed by atoms with Crippen LogP contribution in [0.3, 0.4) is 0 Å². The van der Waals surface area contributed by atoms with Crippen LogP contribution in [0.2, 0.25) is 0 Å². The molecule has 0 N–H and O–H groups in total. The molecule has 2 heterocycles. The zero-order valence-electron chi connectivity index (χ0n) is 27.7. The number of anilines is 1. The van der Waals surface area contributed by atoms with Gasteiger partial charge in [-0.1, -0.05) is 65.3 Å². The summed E-state index contributed by atoms with van der Waals surface area (Å²) in [5.41, 5.74) is 5.91. The minimum Gasteiger partial charge on any atom is -0.276 e. The third-order valence-corrected chi connectivity index (χ3v) is 12.5. The number of likely N-dealkylation sites (tertiary alicyclic amines) is 1. The predicted octanol–water partition coefficient (Wildman–Crippen LogP) is 7.37. The second-order valence-corrected chi connectivity index (χ2v) is 14.6. The first-order valence-electron chi connectivity index (χ1n) is 16.8. The van der Waals surface area contributed by atoms with Gasteiger partial charge < -0.3 is 0 Å². The molecule has 2 saturated carbocycles. The summed E-state index contributed by atoms with van der Waals surface area (Å²) in [5, 5.41) is 0. The fourth-order valence-electron chi connectivity index (χ4n) is 9.57. The molecule has 0 aromatic heterocycles. The van der Waals surface area contributed by atoms with Gasteiger partial charge in [-0.3, -0.25) is 24.1 Å². The molecule has 7 atom stereocenters. The highest BCUT2D eigenvalue weighted by Crippen LogP contribution is 2.65. The molecule has 2 aliphatic heterocycles. The van der Waals surface area contributed by atoms with Gasteiger partial charge in [0.15, 0.2) is 0 Å². The Kier molecular flexibility index (Phi) is 7.45. The van der Waals surface area contributed by atoms with Crippen LogP contribution in [0.1, 0.15) is 96.8 Å². The van der Waals surface area contributed by atoms with Gasteiger partial charge in [-0.25, -0.2) is 4.90 Å². The lowest BCUT2D eigenvalue weighted by atomic mass is 9.70. The summed E-state index contributed by atoms with van der Waals surface area (Å²) >= 11 is 0. The van der Waals surface area contributed by atoms with Crippen LogP contribution in [0.4, 0.5) is 5.69 Å². The minimum absolute atomic E-state index is 0.123. The van der Waals surface area contributed by atoms with E-state index in [9.17, 15) is 19.2 Å². The van der Waals surface area contributed by atoms with Gasteiger partial charge in [-0.05, 0) is 110 Å². The van der Waals surface area contributed by atoms with Gasteiger partial charge in [-0.2, -0.15) is 0 Å². The number of nitrogens with zero attached hydrogens (tertiary/aromatic N) is 2. The Balaban J connectivity index is 1.27. The Morgan fingerprint density at radius 3 is 1.64 bits per heavy atom. The van der Waals surface area contributed by atoms with Gasteiger partial charge in [0.2, 0.25) is 23.6 Å². The number of carbonyl (C=O) groups is 4. The smallest absolute Gasteiger partial charge is 0.238 e. The van der Waals surface area contributed by atoms with Crippen LogP contribution < -0.4 is 4.90 Å². The number of fused-ring (bicyclic) bond motifs is 8. The fraction of sp³-hybridized carbons (Fsp3) is 0.579. The van der Waals surface area contributed by atoms with Gasteiger partial charge in [0, 0.05) is 5.54 Å². The average molecular weight is 597 g/mol. The zero-order chi connectivity index (χ0) is 31.9. The maximum atomic E-state index is 14.0. The number of hydrogen-bond acceptors (Lipinski definition) is 4. The third-order valence-electron chi connectivity index (χ3n) is 12.5. The van der Waals surface area contributed by atoms with Crippen molar-refractivity contribution in [1.29, 1.82) is 0 Å². The molecule has 7 unspecified atom stereocenters. The number of rotatable bonds is 9. The third kappa shape index (κ3) is 4.11. The van der Waals surface area contributed by atoms with Crippen molar-refractivity contribution >= 4 is 29.3 Å². The Labute approximate surface area is 262 Å². The molecule has 6 nitrogen and oxygen atoms in total. The van der Waals surface area contributed by atoms with Crippen LogP contribution >= 0.6 is 0 Å². The van der Waals surface area contributed by atoms with E-state index in [0.29, 0.717) is 18.5 Å². The maximum absolute atomic E-state index is 14.0. The topological polar surface area (TPSA) is 74.8 Å². The van der Waals surface area contributed by atoms with E-state index in [0.717, 1.165) is 42.4 Å². The Hall–Kier alpha value is -3.28. The summed E-state index contributed by atoms with van der Waals surface area (Å²) < 4.78 is 0. The minimum atomic E-state index is -0.523. The molecule has 234 valence electrons. The lowest BCUT2D eigenvalue weighted by molar-refractivity contribution is -0.148. The Bertz CT molecular complexity index is 1510. The lowest BCUT2D eigenvalue weighted by Crippen LogP contribution is -2.50. The molecule has 2 aliphatic carbocycles. The standard InChI is InChI=1S/C38H48N2O4/c1-9-17-38(8,12-4)40-35(43)31-25-20-26(32(31)36(40)44)30-29(25)33(41)39(34(30)42)28-16-14-24(19-22(28)6)23-13-15-27(21(5)18-23)37(7,10-2)11-3/h13-16,18-19,25-26,29-32H,9-12,17,20H2,1-8H3. The SMILES string of the molecule is CCCC(C)(CC)N1C(=O)C2C3CC(C4C(=O)N(c5ccc(-c6ccc(C(C)(CC)CC)c(C)c6)cc5C)C(=O)C34)C2C1=O. The number of aryl methyl sites for hydroxylation is 2. The highest BCUT2D eigenvalue weighted by atomic mass is 16.2. The van der Waals surface area contributed by atoms with E-state index < -0.39 is 29.2 Å². The van der Waals surface area contributed by atoms with E-state index in [4.69, 9.17) is 0 Å². The molecule has 6 heteroatoms. The van der Waals surface area contributed by atoms with E-state index in [1.165, 1.54) is 20.9 Å². The van der Waals surface area contributed by atoms with Crippen molar-refractivity contribution < 1.29 is 19.2 Å². The van der Waals surface area contributed by atoms with Crippen LogP contribution in [0, 0.1) is 49.4 Å². The average Bonchev–Trinajstić information content (AvgIpc) is 3.72. The number of benzene rings is 2. The number of amides is 4. The molecule has 0 spiro atoms. The number of imide groups is 2. The summed E-state index contributed by atoms with van der Waals surface area (Å²) in [6.45, 7) is 17.0. The molecule has 0 radical (unpaired) electrons. The monoisotopic (exact) mass is 596 g/mol. The molecular formula is C38H48N2O4. The number of hydrogen-bond donors (Lipinski definition) is 0. The van der Waals surface area contributed by atoms with Crippen LogP contribution in [0.25, 0.3) is 11.1 Å². The molecule has 2 aromatic rings. The lowest BCUT2D eigenvalue weighted by Gasteiger charge is -2.37. The van der Waals surface area contributed by atoms with Crippen LogP contribution in [-0.2, 0) is 24.6 Å². The molecular weight excluding hydrogens is 548 g/mol. The second-order valence-electron chi connectivity index (χ2n) is 14.6. The van der Waals surface area contributed by atoms with Crippen molar-refractivity contribution in [2.45, 2.75) is 105 Å². The quantitative estimate of drug-likeness (QED) is 0.283. The van der Waals surface area contributed by atoms with Crippen LogP contribution in [0.5, 0.6) is 0 Å². The largest absolute Gasteiger partial charge is 0.276 e. The van der Waals surface area contributed by atoms with Crippen LogP contribution in [0.15, 0.2) is 36.4 Å². The van der Waals surface area contributed by atoms with E-state index in [1.807, 2.05) is 32.9 Å². The van der Waals surface area contributed by atoms with Crippen LogP contribution in [-0.4, -0.2) is 34.1 Å². The van der Waals surface area contributed by atoms with Crippen molar-refractivity contribution in [1.82, 2.24) is 4.90 Å². The summed E-state index contributed by atoms with van der Waals surface area (Å²) in [7, 11) is 0. The number of carbonyl (C=O) groups excluding carboxylic acids is 4. The first-order chi connectivity index (χ1) is 20.9. The van der Waals surface area contributed by atoms with Crippen molar-refractivity contribution in [3.05, 3.63) is 53.1 Å². The van der Waals surface area contributed by atoms with Crippen molar-refractivity contribution in [3.63, 3.8) is 0 Å². The van der Waals surface area contributed by atoms with E-state index >= 15 is 0 Å². The van der Waals surface area contributed by atoms with Gasteiger partial charge in [-0.15, -0.1) is 0 Å². The zero-order valence-corrected chi connectivity index (χ0v) is 27.7. The Morgan fingerprint density at radius 2 is 1.18 bits per heavy atom. The van der Waals surface area contributed by atoms with Crippen molar-refractivity contribution in [2.75, 3.05) is 4.90 Å². The molecule has 2 bridgehead atoms. The molecule has 4 fully saturated rings. The van der Waals surface area contributed by atoms with E-state index in [-0.39, 0.29) is 40.9 Å². The summed E-state index contributed by atoms with van der Waals surface area (Å²) in [6.07, 6.45) is 5.10. The van der Waals surface area contributed by atoms with Gasteiger partial charge in [0.05, 0.1) is 29.4 Å². The Morgan fingerprint density at radius 1 is 0.682 bits per heavy atom. The predicted molar refractivity (Wildman–Crippen MR) is 173 cm³/mol. The molecule has 4 aliphatic rings. The van der Waals surface area contributed by atoms with Gasteiger partial charge in [0.1, 0.15) is 0 Å². The molecule has 44 heavy (non-hydrogen) atoms. The first kappa shape index (κ1) is 30.7. The van der Waals surface area contributed by atoms with Gasteiger partial charge >= 0.3 is 0 Å². The second kappa shape index (κ2) is 10.7. The molecule has 2 aromatic carbocycles. The maximum Gasteiger partial charge on any atom is 0.238 e. The summed E-state index contributed by atoms with van der Waals surface area (Å²) in [5.74, 6) is -3.16. The van der Waals surface area contributed by atoms with Crippen molar-refractivity contribution in [2.24, 2.45) is 35.5 Å².